The monoisotopic (exact) mass is 230 g/mol. The van der Waals surface area contributed by atoms with Crippen molar-refractivity contribution in [3.63, 3.8) is 0 Å². The summed E-state index contributed by atoms with van der Waals surface area (Å²) in [5.41, 5.74) is 0. The smallest absolute Gasteiger partial charge is 0.0670 e. The van der Waals surface area contributed by atoms with Gasteiger partial charge in [-0.05, 0) is 49.4 Å². The molecule has 0 amide bonds. The van der Waals surface area contributed by atoms with Gasteiger partial charge in [0, 0.05) is 4.83 Å². The molecular formula is C10H15BrO. The summed E-state index contributed by atoms with van der Waals surface area (Å²) in [6.07, 6.45) is 5.36. The summed E-state index contributed by atoms with van der Waals surface area (Å²) in [4.78, 5) is 0.415. The number of aliphatic hydroxyl groups excluding tert-OH is 1. The molecule has 0 spiro atoms. The van der Waals surface area contributed by atoms with Gasteiger partial charge in [-0.25, -0.2) is 0 Å². The van der Waals surface area contributed by atoms with Gasteiger partial charge in [0.05, 0.1) is 6.10 Å². The van der Waals surface area contributed by atoms with Crippen molar-refractivity contribution in [2.45, 2.75) is 36.6 Å². The second-order valence-corrected chi connectivity index (χ2v) is 5.88. The van der Waals surface area contributed by atoms with E-state index in [9.17, 15) is 5.11 Å². The van der Waals surface area contributed by atoms with Crippen LogP contribution in [0.2, 0.25) is 0 Å². The van der Waals surface area contributed by atoms with Crippen LogP contribution in [0.15, 0.2) is 0 Å². The zero-order chi connectivity index (χ0) is 8.29. The maximum atomic E-state index is 9.72. The molecule has 0 aliphatic heterocycles. The number of alkyl halides is 1. The van der Waals surface area contributed by atoms with Crippen LogP contribution in [0.25, 0.3) is 0 Å². The van der Waals surface area contributed by atoms with Crippen molar-refractivity contribution in [3.05, 3.63) is 0 Å². The minimum absolute atomic E-state index is 0.0524. The SMILES string of the molecule is OC1CC2C3CCC(C3)C2C1Br. The number of hydrogen-bond acceptors (Lipinski definition) is 1. The average Bonchev–Trinajstić information content (AvgIpc) is 2.66. The summed E-state index contributed by atoms with van der Waals surface area (Å²) in [5.74, 6) is 3.60. The molecule has 1 nitrogen and oxygen atoms in total. The lowest BCUT2D eigenvalue weighted by Crippen LogP contribution is -2.24. The molecule has 6 unspecified atom stereocenters. The Bertz CT molecular complexity index is 204. The van der Waals surface area contributed by atoms with Gasteiger partial charge in [0.1, 0.15) is 0 Å². The molecule has 3 aliphatic rings. The van der Waals surface area contributed by atoms with Crippen LogP contribution in [0.3, 0.4) is 0 Å². The predicted octanol–water partition coefficient (Wildman–Crippen LogP) is 2.18. The number of hydrogen-bond donors (Lipinski definition) is 1. The van der Waals surface area contributed by atoms with Crippen LogP contribution >= 0.6 is 15.9 Å². The van der Waals surface area contributed by atoms with E-state index in [2.05, 4.69) is 15.9 Å². The Morgan fingerprint density at radius 2 is 1.83 bits per heavy atom. The minimum Gasteiger partial charge on any atom is -0.392 e. The summed E-state index contributed by atoms with van der Waals surface area (Å²) >= 11 is 3.66. The minimum atomic E-state index is -0.0524. The van der Waals surface area contributed by atoms with E-state index in [1.165, 1.54) is 19.3 Å². The molecule has 0 aromatic carbocycles. The Balaban J connectivity index is 1.90. The number of halogens is 1. The van der Waals surface area contributed by atoms with E-state index in [-0.39, 0.29) is 6.10 Å². The van der Waals surface area contributed by atoms with Crippen LogP contribution in [0, 0.1) is 23.7 Å². The third-order valence-corrected chi connectivity index (χ3v) is 5.63. The summed E-state index contributed by atoms with van der Waals surface area (Å²) < 4.78 is 0. The number of fused-ring (bicyclic) bond motifs is 5. The second kappa shape index (κ2) is 2.48. The van der Waals surface area contributed by atoms with Crippen molar-refractivity contribution in [2.75, 3.05) is 0 Å². The maximum absolute atomic E-state index is 9.72. The summed E-state index contributed by atoms with van der Waals surface area (Å²) in [6, 6.07) is 0. The third kappa shape index (κ3) is 0.832. The van der Waals surface area contributed by atoms with Crippen molar-refractivity contribution in [1.29, 1.82) is 0 Å². The molecule has 3 fully saturated rings. The molecule has 0 radical (unpaired) electrons. The summed E-state index contributed by atoms with van der Waals surface area (Å²) in [5, 5.41) is 9.72. The van der Waals surface area contributed by atoms with E-state index in [4.69, 9.17) is 0 Å². The molecule has 1 N–H and O–H groups in total. The Morgan fingerprint density at radius 1 is 1.08 bits per heavy atom. The maximum Gasteiger partial charge on any atom is 0.0670 e. The molecule has 2 heteroatoms. The molecule has 0 aromatic heterocycles. The van der Waals surface area contributed by atoms with E-state index in [0.29, 0.717) is 4.83 Å². The van der Waals surface area contributed by atoms with Crippen molar-refractivity contribution in [1.82, 2.24) is 0 Å². The highest BCUT2D eigenvalue weighted by Gasteiger charge is 2.55. The van der Waals surface area contributed by atoms with Crippen LogP contribution in [0.1, 0.15) is 25.7 Å². The lowest BCUT2D eigenvalue weighted by atomic mass is 9.82. The molecular weight excluding hydrogens is 216 g/mol. The lowest BCUT2D eigenvalue weighted by Gasteiger charge is -2.25. The molecule has 3 rings (SSSR count). The van der Waals surface area contributed by atoms with Crippen molar-refractivity contribution >= 4 is 15.9 Å². The van der Waals surface area contributed by atoms with Gasteiger partial charge in [-0.2, -0.15) is 0 Å². The standard InChI is InChI=1S/C10H15BrO/c11-10-8(12)4-7-5-1-2-6(3-5)9(7)10/h5-10,12H,1-4H2. The van der Waals surface area contributed by atoms with Gasteiger partial charge < -0.3 is 5.11 Å². The van der Waals surface area contributed by atoms with E-state index in [1.54, 1.807) is 0 Å². The summed E-state index contributed by atoms with van der Waals surface area (Å²) in [6.45, 7) is 0. The van der Waals surface area contributed by atoms with Crippen LogP contribution in [0.4, 0.5) is 0 Å². The van der Waals surface area contributed by atoms with Crippen LogP contribution < -0.4 is 0 Å². The fourth-order valence-corrected chi connectivity index (χ4v) is 5.01. The van der Waals surface area contributed by atoms with E-state index >= 15 is 0 Å². The zero-order valence-corrected chi connectivity index (χ0v) is 8.70. The van der Waals surface area contributed by atoms with Crippen LogP contribution in [0.5, 0.6) is 0 Å². The van der Waals surface area contributed by atoms with E-state index < -0.39 is 0 Å². The highest BCUT2D eigenvalue weighted by Crippen LogP contribution is 2.60. The van der Waals surface area contributed by atoms with Crippen molar-refractivity contribution < 1.29 is 5.11 Å². The van der Waals surface area contributed by atoms with Gasteiger partial charge in [-0.15, -0.1) is 0 Å². The van der Waals surface area contributed by atoms with Crippen LogP contribution in [-0.4, -0.2) is 16.0 Å². The highest BCUT2D eigenvalue weighted by molar-refractivity contribution is 9.09. The molecule has 2 bridgehead atoms. The number of aliphatic hydroxyl groups is 1. The van der Waals surface area contributed by atoms with Gasteiger partial charge in [-0.1, -0.05) is 15.9 Å². The normalized spacial score (nSPS) is 62.5. The first-order valence-corrected chi connectivity index (χ1v) is 6.01. The molecule has 3 saturated carbocycles. The van der Waals surface area contributed by atoms with E-state index in [0.717, 1.165) is 30.1 Å². The Kier molecular flexibility index (Phi) is 1.61. The van der Waals surface area contributed by atoms with E-state index in [1.807, 2.05) is 0 Å². The molecule has 3 aliphatic carbocycles. The first-order chi connectivity index (χ1) is 5.77. The molecule has 0 aromatic rings. The van der Waals surface area contributed by atoms with Crippen molar-refractivity contribution in [2.24, 2.45) is 23.7 Å². The average molecular weight is 231 g/mol. The first-order valence-electron chi connectivity index (χ1n) is 5.09. The number of rotatable bonds is 0. The molecule has 6 atom stereocenters. The lowest BCUT2D eigenvalue weighted by molar-refractivity contribution is 0.174. The highest BCUT2D eigenvalue weighted by atomic mass is 79.9. The van der Waals surface area contributed by atoms with Crippen LogP contribution in [-0.2, 0) is 0 Å². The molecule has 12 heavy (non-hydrogen) atoms. The topological polar surface area (TPSA) is 20.2 Å². The first kappa shape index (κ1) is 7.81. The van der Waals surface area contributed by atoms with Gasteiger partial charge >= 0.3 is 0 Å². The third-order valence-electron chi connectivity index (χ3n) is 4.41. The van der Waals surface area contributed by atoms with Gasteiger partial charge in [0.2, 0.25) is 0 Å². The second-order valence-electron chi connectivity index (χ2n) is 4.82. The summed E-state index contributed by atoms with van der Waals surface area (Å²) in [7, 11) is 0. The molecule has 0 saturated heterocycles. The fraction of sp³-hybridized carbons (Fsp3) is 1.00. The van der Waals surface area contributed by atoms with Crippen molar-refractivity contribution in [3.8, 4) is 0 Å². The Hall–Kier alpha value is 0.440. The Morgan fingerprint density at radius 3 is 2.58 bits per heavy atom. The Labute approximate surface area is 81.7 Å². The molecule has 0 heterocycles. The van der Waals surface area contributed by atoms with Gasteiger partial charge in [-0.3, -0.25) is 0 Å². The van der Waals surface area contributed by atoms with Gasteiger partial charge in [0.15, 0.2) is 0 Å². The van der Waals surface area contributed by atoms with Gasteiger partial charge in [0.25, 0.3) is 0 Å². The largest absolute Gasteiger partial charge is 0.392 e. The quantitative estimate of drug-likeness (QED) is 0.633. The predicted molar refractivity (Wildman–Crippen MR) is 51.1 cm³/mol. The fourth-order valence-electron chi connectivity index (χ4n) is 3.97. The zero-order valence-electron chi connectivity index (χ0n) is 7.12. The molecule has 68 valence electrons.